The van der Waals surface area contributed by atoms with Crippen molar-refractivity contribution in [2.75, 3.05) is 12.0 Å². The van der Waals surface area contributed by atoms with Crippen molar-refractivity contribution in [1.29, 1.82) is 0 Å². The minimum atomic E-state index is -0.978. The highest BCUT2D eigenvalue weighted by Crippen LogP contribution is 2.22. The van der Waals surface area contributed by atoms with Crippen molar-refractivity contribution in [2.45, 2.75) is 31.7 Å². The van der Waals surface area contributed by atoms with Crippen molar-refractivity contribution >= 4 is 23.6 Å². The molecule has 5 heteroatoms. The third kappa shape index (κ3) is 3.54. The number of thioether (sulfide) groups is 1. The molecule has 1 atom stereocenters. The van der Waals surface area contributed by atoms with Crippen LogP contribution in [-0.2, 0) is 17.6 Å². The summed E-state index contributed by atoms with van der Waals surface area (Å²) in [6, 6.07) is 4.84. The van der Waals surface area contributed by atoms with Crippen molar-refractivity contribution in [3.8, 4) is 0 Å². The average Bonchev–Trinajstić information content (AvgIpc) is 2.90. The average molecular weight is 293 g/mol. The Labute approximate surface area is 123 Å². The topological polar surface area (TPSA) is 66.4 Å². The van der Waals surface area contributed by atoms with Crippen molar-refractivity contribution < 1.29 is 14.7 Å². The molecule has 20 heavy (non-hydrogen) atoms. The van der Waals surface area contributed by atoms with E-state index in [9.17, 15) is 9.59 Å². The van der Waals surface area contributed by atoms with Gasteiger partial charge in [-0.1, -0.05) is 6.07 Å². The molecule has 108 valence electrons. The van der Waals surface area contributed by atoms with E-state index in [1.165, 1.54) is 11.1 Å². The van der Waals surface area contributed by atoms with Crippen LogP contribution in [0.3, 0.4) is 0 Å². The number of hydrogen-bond acceptors (Lipinski definition) is 3. The molecule has 0 bridgehead atoms. The predicted molar refractivity (Wildman–Crippen MR) is 80.4 cm³/mol. The first kappa shape index (κ1) is 14.9. The highest BCUT2D eigenvalue weighted by atomic mass is 32.2. The number of benzene rings is 1. The maximum Gasteiger partial charge on any atom is 0.326 e. The van der Waals surface area contributed by atoms with Crippen molar-refractivity contribution in [1.82, 2.24) is 5.32 Å². The molecule has 0 heterocycles. The Hall–Kier alpha value is -1.49. The molecule has 0 saturated carbocycles. The summed E-state index contributed by atoms with van der Waals surface area (Å²) in [5.41, 5.74) is 3.08. The van der Waals surface area contributed by atoms with Gasteiger partial charge in [0.15, 0.2) is 0 Å². The van der Waals surface area contributed by atoms with Gasteiger partial charge in [-0.2, -0.15) is 11.8 Å². The van der Waals surface area contributed by atoms with Crippen LogP contribution in [0.25, 0.3) is 0 Å². The first-order valence-electron chi connectivity index (χ1n) is 6.76. The van der Waals surface area contributed by atoms with E-state index in [2.05, 4.69) is 5.32 Å². The van der Waals surface area contributed by atoms with Gasteiger partial charge in [-0.05, 0) is 61.0 Å². The standard InChI is InChI=1S/C15H19NO3S/c1-20-8-7-13(15(18)19)16-14(17)12-6-5-10-3-2-4-11(10)9-12/h5-6,9,13H,2-4,7-8H2,1H3,(H,16,17)(H,18,19)/t13-/m1/s1. The Morgan fingerprint density at radius 2 is 2.10 bits per heavy atom. The maximum atomic E-state index is 12.1. The Kier molecular flexibility index (Phi) is 5.06. The third-order valence-electron chi connectivity index (χ3n) is 3.57. The molecule has 4 nitrogen and oxygen atoms in total. The SMILES string of the molecule is CSCC[C@@H](NC(=O)c1ccc2c(c1)CCC2)C(=O)O. The van der Waals surface area contributed by atoms with Crippen LogP contribution >= 0.6 is 11.8 Å². The second-order valence-electron chi connectivity index (χ2n) is 4.98. The normalized spacial score (nSPS) is 14.7. The van der Waals surface area contributed by atoms with Gasteiger partial charge in [0.1, 0.15) is 6.04 Å². The monoisotopic (exact) mass is 293 g/mol. The second kappa shape index (κ2) is 6.79. The smallest absolute Gasteiger partial charge is 0.326 e. The van der Waals surface area contributed by atoms with E-state index in [1.807, 2.05) is 18.4 Å². The fourth-order valence-electron chi connectivity index (χ4n) is 2.45. The zero-order chi connectivity index (χ0) is 14.5. The Bertz CT molecular complexity index is 516. The van der Waals surface area contributed by atoms with Gasteiger partial charge in [0.25, 0.3) is 5.91 Å². The number of aliphatic carboxylic acids is 1. The van der Waals surface area contributed by atoms with E-state index < -0.39 is 12.0 Å². The number of amides is 1. The van der Waals surface area contributed by atoms with E-state index in [1.54, 1.807) is 17.8 Å². The number of carbonyl (C=O) groups excluding carboxylic acids is 1. The molecule has 0 aromatic heterocycles. The van der Waals surface area contributed by atoms with Crippen molar-refractivity contribution in [3.63, 3.8) is 0 Å². The van der Waals surface area contributed by atoms with Gasteiger partial charge >= 0.3 is 5.97 Å². The maximum absolute atomic E-state index is 12.1. The van der Waals surface area contributed by atoms with Crippen LogP contribution in [0.2, 0.25) is 0 Å². The molecule has 1 aromatic rings. The van der Waals surface area contributed by atoms with Gasteiger partial charge in [-0.15, -0.1) is 0 Å². The van der Waals surface area contributed by atoms with Crippen LogP contribution in [0.15, 0.2) is 18.2 Å². The Morgan fingerprint density at radius 1 is 1.35 bits per heavy atom. The molecule has 1 amide bonds. The van der Waals surface area contributed by atoms with Gasteiger partial charge in [0, 0.05) is 5.56 Å². The fraction of sp³-hybridized carbons (Fsp3) is 0.467. The molecular formula is C15H19NO3S. The number of aryl methyl sites for hydroxylation is 2. The Morgan fingerprint density at radius 3 is 2.80 bits per heavy atom. The zero-order valence-electron chi connectivity index (χ0n) is 11.5. The van der Waals surface area contributed by atoms with Crippen molar-refractivity contribution in [2.24, 2.45) is 0 Å². The van der Waals surface area contributed by atoms with Gasteiger partial charge in [0.05, 0.1) is 0 Å². The van der Waals surface area contributed by atoms with E-state index in [0.29, 0.717) is 17.7 Å². The molecule has 1 aliphatic carbocycles. The zero-order valence-corrected chi connectivity index (χ0v) is 12.3. The lowest BCUT2D eigenvalue weighted by Gasteiger charge is -2.14. The van der Waals surface area contributed by atoms with Crippen LogP contribution in [0.1, 0.15) is 34.3 Å². The molecule has 1 aromatic carbocycles. The van der Waals surface area contributed by atoms with Crippen molar-refractivity contribution in [3.05, 3.63) is 34.9 Å². The second-order valence-corrected chi connectivity index (χ2v) is 5.97. The van der Waals surface area contributed by atoms with E-state index in [0.717, 1.165) is 19.3 Å². The first-order valence-corrected chi connectivity index (χ1v) is 8.15. The molecule has 0 aliphatic heterocycles. The molecular weight excluding hydrogens is 274 g/mol. The minimum Gasteiger partial charge on any atom is -0.480 e. The van der Waals surface area contributed by atoms with Gasteiger partial charge in [-0.25, -0.2) is 4.79 Å². The molecule has 2 rings (SSSR count). The minimum absolute atomic E-state index is 0.298. The number of nitrogens with one attached hydrogen (secondary N) is 1. The highest BCUT2D eigenvalue weighted by molar-refractivity contribution is 7.98. The first-order chi connectivity index (χ1) is 9.61. The lowest BCUT2D eigenvalue weighted by atomic mass is 10.1. The number of carboxylic acid groups (broad SMARTS) is 1. The van der Waals surface area contributed by atoms with Gasteiger partial charge < -0.3 is 10.4 Å². The van der Waals surface area contributed by atoms with Crippen LogP contribution in [0.5, 0.6) is 0 Å². The van der Waals surface area contributed by atoms with E-state index in [-0.39, 0.29) is 5.91 Å². The number of fused-ring (bicyclic) bond motifs is 1. The predicted octanol–water partition coefficient (Wildman–Crippen LogP) is 2.11. The molecule has 0 unspecified atom stereocenters. The number of rotatable bonds is 6. The Balaban J connectivity index is 2.04. The summed E-state index contributed by atoms with van der Waals surface area (Å²) in [5.74, 6) is -0.566. The summed E-state index contributed by atoms with van der Waals surface area (Å²) in [6.07, 6.45) is 5.56. The van der Waals surface area contributed by atoms with Crippen LogP contribution in [0.4, 0.5) is 0 Å². The molecule has 2 N–H and O–H groups in total. The molecule has 0 spiro atoms. The summed E-state index contributed by atoms with van der Waals surface area (Å²) in [7, 11) is 0. The van der Waals surface area contributed by atoms with E-state index >= 15 is 0 Å². The van der Waals surface area contributed by atoms with Crippen LogP contribution in [0, 0.1) is 0 Å². The number of carboxylic acids is 1. The van der Waals surface area contributed by atoms with Crippen LogP contribution < -0.4 is 5.32 Å². The van der Waals surface area contributed by atoms with Gasteiger partial charge in [0.2, 0.25) is 0 Å². The highest BCUT2D eigenvalue weighted by Gasteiger charge is 2.21. The molecule has 1 aliphatic rings. The lowest BCUT2D eigenvalue weighted by Crippen LogP contribution is -2.41. The molecule has 0 fully saturated rings. The molecule has 0 saturated heterocycles. The summed E-state index contributed by atoms with van der Waals surface area (Å²) < 4.78 is 0. The quantitative estimate of drug-likeness (QED) is 0.843. The summed E-state index contributed by atoms with van der Waals surface area (Å²) >= 11 is 1.57. The van der Waals surface area contributed by atoms with Gasteiger partial charge in [-0.3, -0.25) is 4.79 Å². The molecule has 0 radical (unpaired) electrons. The fourth-order valence-corrected chi connectivity index (χ4v) is 2.92. The lowest BCUT2D eigenvalue weighted by molar-refractivity contribution is -0.139. The summed E-state index contributed by atoms with van der Waals surface area (Å²) in [4.78, 5) is 23.3. The summed E-state index contributed by atoms with van der Waals surface area (Å²) in [5, 5.41) is 11.7. The van der Waals surface area contributed by atoms with E-state index in [4.69, 9.17) is 5.11 Å². The summed E-state index contributed by atoms with van der Waals surface area (Å²) in [6.45, 7) is 0. The van der Waals surface area contributed by atoms with Crippen LogP contribution in [-0.4, -0.2) is 35.0 Å². The third-order valence-corrected chi connectivity index (χ3v) is 4.22. The number of hydrogen-bond donors (Lipinski definition) is 2. The number of carbonyl (C=O) groups is 2. The largest absolute Gasteiger partial charge is 0.480 e.